The first-order valence-electron chi connectivity index (χ1n) is 9.06. The van der Waals surface area contributed by atoms with E-state index in [-0.39, 0.29) is 28.5 Å². The van der Waals surface area contributed by atoms with Crippen LogP contribution in [0, 0.1) is 17.8 Å². The number of amides is 1. The molecule has 2 bridgehead atoms. The molecule has 3 fully saturated rings. The maximum Gasteiger partial charge on any atom is 0.273 e. The minimum Gasteiger partial charge on any atom is -0.391 e. The largest absolute Gasteiger partial charge is 0.391 e. The van der Waals surface area contributed by atoms with Crippen LogP contribution in [0.2, 0.25) is 0 Å². The molecule has 3 N–H and O–H groups in total. The second-order valence-corrected chi connectivity index (χ2v) is 9.52. The van der Waals surface area contributed by atoms with Gasteiger partial charge in [0.2, 0.25) is 10.0 Å². The fraction of sp³-hybridized carbons (Fsp3) is 0.444. The molecule has 1 aliphatic heterocycles. The van der Waals surface area contributed by atoms with Crippen LogP contribution in [-0.4, -0.2) is 52.4 Å². The standard InChI is InChI=1S/C18H20N4O4S/c23-17-10-5-11-9-22(16(17)13(11)6-10)27(25,26)12-7-14(20-8-12)18(24)21-15-3-1-2-4-19-15/h1-4,7-8,10-11,13,16-17,20,23H,5-6,9H2,(H,19,21,24). The van der Waals surface area contributed by atoms with Crippen LogP contribution in [0.5, 0.6) is 0 Å². The van der Waals surface area contributed by atoms with Crippen LogP contribution in [0.25, 0.3) is 0 Å². The van der Waals surface area contributed by atoms with E-state index in [1.165, 1.54) is 16.6 Å². The predicted molar refractivity (Wildman–Crippen MR) is 96.4 cm³/mol. The molecule has 8 nitrogen and oxygen atoms in total. The molecular formula is C18H20N4O4S. The van der Waals surface area contributed by atoms with E-state index < -0.39 is 22.0 Å². The van der Waals surface area contributed by atoms with Crippen molar-refractivity contribution in [3.8, 4) is 0 Å². The molecule has 2 aromatic rings. The Morgan fingerprint density at radius 2 is 2.15 bits per heavy atom. The molecule has 5 atom stereocenters. The van der Waals surface area contributed by atoms with E-state index in [1.807, 2.05) is 0 Å². The van der Waals surface area contributed by atoms with Crippen molar-refractivity contribution in [3.63, 3.8) is 0 Å². The summed E-state index contributed by atoms with van der Waals surface area (Å²) >= 11 is 0. The average Bonchev–Trinajstić information content (AvgIpc) is 3.38. The van der Waals surface area contributed by atoms with Crippen LogP contribution in [0.15, 0.2) is 41.6 Å². The summed E-state index contributed by atoms with van der Waals surface area (Å²) < 4.78 is 27.7. The number of fused-ring (bicyclic) bond motifs is 1. The van der Waals surface area contributed by atoms with E-state index in [4.69, 9.17) is 0 Å². The fourth-order valence-electron chi connectivity index (χ4n) is 5.05. The molecule has 1 amide bonds. The van der Waals surface area contributed by atoms with E-state index in [0.717, 1.165) is 12.8 Å². The lowest BCUT2D eigenvalue weighted by molar-refractivity contribution is 0.0731. The minimum absolute atomic E-state index is 0.0469. The zero-order chi connectivity index (χ0) is 18.8. The Morgan fingerprint density at radius 3 is 2.89 bits per heavy atom. The summed E-state index contributed by atoms with van der Waals surface area (Å²) in [6.07, 6.45) is 4.12. The van der Waals surface area contributed by atoms with Gasteiger partial charge in [-0.2, -0.15) is 4.31 Å². The van der Waals surface area contributed by atoms with Gasteiger partial charge >= 0.3 is 0 Å². The van der Waals surface area contributed by atoms with Gasteiger partial charge in [-0.05, 0) is 48.8 Å². The van der Waals surface area contributed by atoms with Crippen LogP contribution in [0.3, 0.4) is 0 Å². The zero-order valence-corrected chi connectivity index (χ0v) is 15.3. The number of H-pyrrole nitrogens is 1. The number of sulfonamides is 1. The van der Waals surface area contributed by atoms with Gasteiger partial charge in [-0.3, -0.25) is 4.79 Å². The SMILES string of the molecule is O=C(Nc1ccccn1)c1cc(S(=O)(=O)N2CC3CC4CC3C2C4O)c[nH]1. The number of aliphatic hydroxyl groups is 1. The average molecular weight is 388 g/mol. The Labute approximate surface area is 156 Å². The number of aromatic nitrogens is 2. The number of nitrogens with one attached hydrogen (secondary N) is 2. The first kappa shape index (κ1) is 16.9. The van der Waals surface area contributed by atoms with E-state index >= 15 is 0 Å². The maximum atomic E-state index is 13.1. The van der Waals surface area contributed by atoms with Crippen molar-refractivity contribution in [2.45, 2.75) is 29.9 Å². The van der Waals surface area contributed by atoms with E-state index in [0.29, 0.717) is 18.3 Å². The monoisotopic (exact) mass is 388 g/mol. The number of aromatic amines is 1. The van der Waals surface area contributed by atoms with Gasteiger partial charge < -0.3 is 15.4 Å². The summed E-state index contributed by atoms with van der Waals surface area (Å²) in [6, 6.07) is 6.14. The molecule has 142 valence electrons. The van der Waals surface area contributed by atoms with Crippen molar-refractivity contribution in [3.05, 3.63) is 42.4 Å². The van der Waals surface area contributed by atoms with E-state index in [9.17, 15) is 18.3 Å². The molecule has 5 unspecified atom stereocenters. The van der Waals surface area contributed by atoms with Gasteiger partial charge in [0.25, 0.3) is 5.91 Å². The molecule has 1 saturated heterocycles. The Hall–Kier alpha value is -2.23. The number of carbonyl (C=O) groups is 1. The van der Waals surface area contributed by atoms with Crippen LogP contribution >= 0.6 is 0 Å². The molecule has 2 saturated carbocycles. The summed E-state index contributed by atoms with van der Waals surface area (Å²) in [5.41, 5.74) is 0.145. The minimum atomic E-state index is -3.77. The maximum absolute atomic E-state index is 13.1. The second kappa shape index (κ2) is 5.88. The lowest BCUT2D eigenvalue weighted by Gasteiger charge is -2.28. The number of hydrogen-bond donors (Lipinski definition) is 3. The highest BCUT2D eigenvalue weighted by Crippen LogP contribution is 2.56. The third-order valence-electron chi connectivity index (χ3n) is 6.22. The fourth-order valence-corrected chi connectivity index (χ4v) is 6.78. The predicted octanol–water partition coefficient (Wildman–Crippen LogP) is 1.05. The second-order valence-electron chi connectivity index (χ2n) is 7.63. The number of rotatable bonds is 4. The summed E-state index contributed by atoms with van der Waals surface area (Å²) in [5, 5.41) is 13.1. The Balaban J connectivity index is 1.38. The molecule has 3 aliphatic rings. The molecule has 5 rings (SSSR count). The van der Waals surface area contributed by atoms with Gasteiger partial charge in [0.1, 0.15) is 16.4 Å². The number of nitrogens with zero attached hydrogens (tertiary/aromatic N) is 2. The third kappa shape index (κ3) is 2.53. The smallest absolute Gasteiger partial charge is 0.273 e. The van der Waals surface area contributed by atoms with Gasteiger partial charge in [0, 0.05) is 18.9 Å². The topological polar surface area (TPSA) is 115 Å². The first-order valence-corrected chi connectivity index (χ1v) is 10.5. The van der Waals surface area contributed by atoms with Crippen LogP contribution in [-0.2, 0) is 10.0 Å². The van der Waals surface area contributed by atoms with Crippen molar-refractivity contribution >= 4 is 21.7 Å². The molecule has 2 aromatic heterocycles. The molecule has 2 aliphatic carbocycles. The van der Waals surface area contributed by atoms with Gasteiger partial charge in [0.05, 0.1) is 12.1 Å². The highest BCUT2D eigenvalue weighted by Gasteiger charge is 2.61. The highest BCUT2D eigenvalue weighted by molar-refractivity contribution is 7.89. The number of anilines is 1. The molecule has 0 radical (unpaired) electrons. The van der Waals surface area contributed by atoms with Crippen molar-refractivity contribution in [1.82, 2.24) is 14.3 Å². The van der Waals surface area contributed by atoms with Gasteiger partial charge in [0.15, 0.2) is 0 Å². The van der Waals surface area contributed by atoms with Crippen LogP contribution in [0.1, 0.15) is 23.3 Å². The highest BCUT2D eigenvalue weighted by atomic mass is 32.2. The molecule has 9 heteroatoms. The Bertz CT molecular complexity index is 988. The Morgan fingerprint density at radius 1 is 1.30 bits per heavy atom. The van der Waals surface area contributed by atoms with E-state index in [2.05, 4.69) is 15.3 Å². The van der Waals surface area contributed by atoms with Crippen molar-refractivity contribution in [1.29, 1.82) is 0 Å². The summed E-state index contributed by atoms with van der Waals surface area (Å²) in [4.78, 5) is 19.1. The number of aliphatic hydroxyl groups excluding tert-OH is 1. The number of carbonyl (C=O) groups excluding carboxylic acids is 1. The van der Waals surface area contributed by atoms with Gasteiger partial charge in [-0.15, -0.1) is 0 Å². The molecule has 0 aromatic carbocycles. The van der Waals surface area contributed by atoms with Crippen molar-refractivity contribution < 1.29 is 18.3 Å². The summed E-state index contributed by atoms with van der Waals surface area (Å²) in [7, 11) is -3.77. The quantitative estimate of drug-likeness (QED) is 0.724. The van der Waals surface area contributed by atoms with Crippen LogP contribution < -0.4 is 5.32 Å². The van der Waals surface area contributed by atoms with Gasteiger partial charge in [-0.1, -0.05) is 6.07 Å². The normalized spacial score (nSPS) is 32.1. The van der Waals surface area contributed by atoms with Crippen LogP contribution in [0.4, 0.5) is 5.82 Å². The molecule has 27 heavy (non-hydrogen) atoms. The summed E-state index contributed by atoms with van der Waals surface area (Å²) in [5.74, 6) is 0.737. The Kier molecular flexibility index (Phi) is 3.68. The van der Waals surface area contributed by atoms with Crippen molar-refractivity contribution in [2.75, 3.05) is 11.9 Å². The molecule has 0 spiro atoms. The molecular weight excluding hydrogens is 368 g/mol. The number of pyridine rings is 1. The lowest BCUT2D eigenvalue weighted by Crippen LogP contribution is -2.43. The van der Waals surface area contributed by atoms with Gasteiger partial charge in [-0.25, -0.2) is 13.4 Å². The summed E-state index contributed by atoms with van der Waals surface area (Å²) in [6.45, 7) is 0.450. The third-order valence-corrected chi connectivity index (χ3v) is 8.06. The van der Waals surface area contributed by atoms with Crippen molar-refractivity contribution in [2.24, 2.45) is 17.8 Å². The number of hydrogen-bond acceptors (Lipinski definition) is 5. The molecule has 3 heterocycles. The lowest BCUT2D eigenvalue weighted by atomic mass is 9.88. The zero-order valence-electron chi connectivity index (χ0n) is 14.4. The van der Waals surface area contributed by atoms with E-state index in [1.54, 1.807) is 24.4 Å². The first-order chi connectivity index (χ1) is 12.9.